The fourth-order valence-corrected chi connectivity index (χ4v) is 6.98. The molecule has 42 heavy (non-hydrogen) atoms. The van der Waals surface area contributed by atoms with E-state index in [4.69, 9.17) is 9.47 Å². The summed E-state index contributed by atoms with van der Waals surface area (Å²) in [6.07, 6.45) is -0.422. The second-order valence-electron chi connectivity index (χ2n) is 10.3. The van der Waals surface area contributed by atoms with Crippen molar-refractivity contribution in [2.75, 3.05) is 24.1 Å². The van der Waals surface area contributed by atoms with E-state index in [1.165, 1.54) is 30.3 Å². The summed E-state index contributed by atoms with van der Waals surface area (Å²) in [6, 6.07) is 11.4. The van der Waals surface area contributed by atoms with Gasteiger partial charge in [0, 0.05) is 31.3 Å². The van der Waals surface area contributed by atoms with Gasteiger partial charge < -0.3 is 19.3 Å². The summed E-state index contributed by atoms with van der Waals surface area (Å²) in [4.78, 5) is 12.3. The van der Waals surface area contributed by atoms with E-state index in [2.05, 4.69) is 4.74 Å². The van der Waals surface area contributed by atoms with E-state index in [0.717, 1.165) is 10.4 Å². The molecule has 5 rings (SSSR count). The van der Waals surface area contributed by atoms with Crippen LogP contribution >= 0.6 is 0 Å². The molecule has 3 aromatic rings. The number of carboxylic acid groups (broad SMARTS) is 1. The number of fused-ring (bicyclic) bond motifs is 1. The number of carbonyl (C=O) groups is 1. The Labute approximate surface area is 239 Å². The van der Waals surface area contributed by atoms with Crippen LogP contribution < -0.4 is 13.8 Å². The molecule has 1 N–H and O–H groups in total. The minimum Gasteiger partial charge on any atom is -0.486 e. The van der Waals surface area contributed by atoms with E-state index in [9.17, 15) is 31.5 Å². The minimum atomic E-state index is -4.26. The monoisotopic (exact) mass is 609 g/mol. The second kappa shape index (κ2) is 11.4. The number of hydrogen-bond acceptors (Lipinski definition) is 6. The summed E-state index contributed by atoms with van der Waals surface area (Å²) in [7, 11) is -4.26. The summed E-state index contributed by atoms with van der Waals surface area (Å²) in [6.45, 7) is -1.47. The number of halogens is 4. The van der Waals surface area contributed by atoms with Crippen LogP contribution in [0.4, 0.5) is 23.2 Å². The smallest absolute Gasteiger partial charge is 0.387 e. The molecule has 8 nitrogen and oxygen atoms in total. The number of sulfonamides is 1. The van der Waals surface area contributed by atoms with Crippen molar-refractivity contribution in [2.45, 2.75) is 43.8 Å². The van der Waals surface area contributed by atoms with Gasteiger partial charge in [-0.15, -0.1) is 0 Å². The first-order chi connectivity index (χ1) is 19.9. The highest BCUT2D eigenvalue weighted by atomic mass is 32.2. The summed E-state index contributed by atoms with van der Waals surface area (Å²) >= 11 is 0. The molecule has 0 amide bonds. The van der Waals surface area contributed by atoms with Crippen LogP contribution in [0, 0.1) is 24.0 Å². The summed E-state index contributed by atoms with van der Waals surface area (Å²) in [5.41, 5.74) is -0.986. The minimum absolute atomic E-state index is 0.000423. The van der Waals surface area contributed by atoms with Gasteiger partial charge in [0.25, 0.3) is 10.0 Å². The molecule has 0 radical (unpaired) electrons. The quantitative estimate of drug-likeness (QED) is 0.324. The lowest BCUT2D eigenvalue weighted by Gasteiger charge is -2.40. The molecule has 1 atom stereocenters. The highest BCUT2D eigenvalue weighted by Gasteiger charge is 2.45. The zero-order valence-electron chi connectivity index (χ0n) is 22.4. The number of anilines is 1. The lowest BCUT2D eigenvalue weighted by atomic mass is 9.75. The van der Waals surface area contributed by atoms with Crippen LogP contribution in [-0.2, 0) is 19.6 Å². The van der Waals surface area contributed by atoms with Crippen LogP contribution in [0.5, 0.6) is 11.5 Å². The van der Waals surface area contributed by atoms with Crippen LogP contribution in [0.2, 0.25) is 0 Å². The van der Waals surface area contributed by atoms with Gasteiger partial charge in [0.15, 0.2) is 11.6 Å². The van der Waals surface area contributed by atoms with Crippen molar-refractivity contribution in [3.63, 3.8) is 0 Å². The van der Waals surface area contributed by atoms with E-state index in [0.29, 0.717) is 11.6 Å². The standard InChI is InChI=1S/C29H27F4NO7S/c1-17-3-2-4-21(11-17)42(37,38)34-16-20(15-29(27(35)36)7-9-39-10-8-29)40-24-6-5-18(12-23(24)34)22-13-19(30)14-25(26(22)31)41-28(32)33/h2-6,11-14,20,28H,7-10,15-16H2,1H3,(H,35,36)/t20-/m0/s1. The number of ether oxygens (including phenoxy) is 3. The van der Waals surface area contributed by atoms with Gasteiger partial charge in [0.2, 0.25) is 0 Å². The summed E-state index contributed by atoms with van der Waals surface area (Å²) in [5, 5.41) is 10.1. The Bertz CT molecular complexity index is 1610. The number of carboxylic acids is 1. The van der Waals surface area contributed by atoms with Gasteiger partial charge in [-0.1, -0.05) is 18.2 Å². The van der Waals surface area contributed by atoms with Crippen molar-refractivity contribution in [3.8, 4) is 22.6 Å². The Kier molecular flexibility index (Phi) is 8.08. The Morgan fingerprint density at radius 3 is 2.52 bits per heavy atom. The molecule has 2 aliphatic rings. The molecule has 0 saturated carbocycles. The van der Waals surface area contributed by atoms with Crippen molar-refractivity contribution in [3.05, 3.63) is 71.8 Å². The molecule has 0 aromatic heterocycles. The topological polar surface area (TPSA) is 102 Å². The number of aryl methyl sites for hydroxylation is 1. The van der Waals surface area contributed by atoms with Gasteiger partial charge in [-0.25, -0.2) is 17.2 Å². The number of aliphatic carboxylic acids is 1. The molecule has 3 aromatic carbocycles. The van der Waals surface area contributed by atoms with Crippen LogP contribution in [-0.4, -0.2) is 52.0 Å². The molecule has 2 heterocycles. The van der Waals surface area contributed by atoms with Crippen LogP contribution in [0.15, 0.2) is 59.5 Å². The zero-order valence-corrected chi connectivity index (χ0v) is 23.2. The number of hydrogen-bond donors (Lipinski definition) is 1. The fraction of sp³-hybridized carbons (Fsp3) is 0.345. The van der Waals surface area contributed by atoms with Gasteiger partial charge in [-0.3, -0.25) is 9.10 Å². The Morgan fingerprint density at radius 2 is 1.86 bits per heavy atom. The molecule has 13 heteroatoms. The molecule has 0 bridgehead atoms. The maximum absolute atomic E-state index is 15.2. The molecule has 1 fully saturated rings. The summed E-state index contributed by atoms with van der Waals surface area (Å²) < 4.78 is 99.7. The molecule has 0 spiro atoms. The highest BCUT2D eigenvalue weighted by molar-refractivity contribution is 7.92. The molecule has 1 saturated heterocycles. The second-order valence-corrected chi connectivity index (χ2v) is 12.2. The van der Waals surface area contributed by atoms with Crippen LogP contribution in [0.25, 0.3) is 11.1 Å². The van der Waals surface area contributed by atoms with Gasteiger partial charge in [0.1, 0.15) is 17.7 Å². The normalized spacial score (nSPS) is 18.3. The lowest BCUT2D eigenvalue weighted by molar-refractivity contribution is -0.157. The van der Waals surface area contributed by atoms with Crippen molar-refractivity contribution in [1.29, 1.82) is 0 Å². The van der Waals surface area contributed by atoms with Gasteiger partial charge in [-0.05, 0) is 61.2 Å². The predicted molar refractivity (Wildman–Crippen MR) is 143 cm³/mol. The molecule has 2 aliphatic heterocycles. The third-order valence-corrected chi connectivity index (χ3v) is 9.30. The Hall–Kier alpha value is -3.84. The molecule has 0 aliphatic carbocycles. The maximum Gasteiger partial charge on any atom is 0.387 e. The van der Waals surface area contributed by atoms with Gasteiger partial charge >= 0.3 is 12.6 Å². The SMILES string of the molecule is Cc1cccc(S(=O)(=O)N2C[C@H](CC3(C(=O)O)CCOCC3)Oc3ccc(-c4cc(F)cc(OC(F)F)c4F)cc32)c1. The largest absolute Gasteiger partial charge is 0.486 e. The average Bonchev–Trinajstić information content (AvgIpc) is 2.94. The Balaban J connectivity index is 1.61. The van der Waals surface area contributed by atoms with E-state index < -0.39 is 57.1 Å². The first-order valence-corrected chi connectivity index (χ1v) is 14.5. The van der Waals surface area contributed by atoms with E-state index >= 15 is 4.39 Å². The molecule has 0 unspecified atom stereocenters. The highest BCUT2D eigenvalue weighted by Crippen LogP contribution is 2.44. The lowest BCUT2D eigenvalue weighted by Crippen LogP contribution is -2.48. The predicted octanol–water partition coefficient (Wildman–Crippen LogP) is 5.77. The van der Waals surface area contributed by atoms with Crippen LogP contribution in [0.3, 0.4) is 0 Å². The third-order valence-electron chi connectivity index (χ3n) is 7.52. The summed E-state index contributed by atoms with van der Waals surface area (Å²) in [5.74, 6) is -4.28. The van der Waals surface area contributed by atoms with E-state index in [-0.39, 0.29) is 60.9 Å². The van der Waals surface area contributed by atoms with E-state index in [1.807, 2.05) is 0 Å². The number of benzene rings is 3. The number of alkyl halides is 2. The van der Waals surface area contributed by atoms with Crippen molar-refractivity contribution in [1.82, 2.24) is 0 Å². The van der Waals surface area contributed by atoms with E-state index in [1.54, 1.807) is 19.1 Å². The average molecular weight is 610 g/mol. The number of nitrogens with zero attached hydrogens (tertiary/aromatic N) is 1. The van der Waals surface area contributed by atoms with Crippen molar-refractivity contribution >= 4 is 21.7 Å². The van der Waals surface area contributed by atoms with Crippen molar-refractivity contribution < 1.29 is 50.1 Å². The van der Waals surface area contributed by atoms with Gasteiger partial charge in [-0.2, -0.15) is 8.78 Å². The molecule has 224 valence electrons. The molecular formula is C29H27F4NO7S. The number of rotatable bonds is 8. The van der Waals surface area contributed by atoms with Crippen LogP contribution in [0.1, 0.15) is 24.8 Å². The first kappa shape index (κ1) is 29.6. The first-order valence-electron chi connectivity index (χ1n) is 13.1. The van der Waals surface area contributed by atoms with Gasteiger partial charge in [0.05, 0.1) is 22.5 Å². The van der Waals surface area contributed by atoms with Crippen molar-refractivity contribution in [2.24, 2.45) is 5.41 Å². The maximum atomic E-state index is 15.2. The third kappa shape index (κ3) is 5.75. The zero-order chi connectivity index (χ0) is 30.2. The Morgan fingerprint density at radius 1 is 1.12 bits per heavy atom. The molecular weight excluding hydrogens is 582 g/mol. The fourth-order valence-electron chi connectivity index (χ4n) is 5.38.